The number of carbonyl (C=O) groups excluding carboxylic acids is 1. The van der Waals surface area contributed by atoms with Crippen LogP contribution < -0.4 is 4.72 Å². The van der Waals surface area contributed by atoms with Crippen molar-refractivity contribution in [2.75, 3.05) is 12.8 Å². The minimum absolute atomic E-state index is 0.104. The third kappa shape index (κ3) is 4.55. The summed E-state index contributed by atoms with van der Waals surface area (Å²) in [7, 11) is -7.62. The number of carbonyl (C=O) groups is 1. The van der Waals surface area contributed by atoms with E-state index in [0.717, 1.165) is 22.5 Å². The Morgan fingerprint density at radius 2 is 1.71 bits per heavy atom. The van der Waals surface area contributed by atoms with Gasteiger partial charge in [-0.3, -0.25) is 9.52 Å². The molecule has 1 aromatic carbocycles. The van der Waals surface area contributed by atoms with Crippen LogP contribution in [0.5, 0.6) is 0 Å². The lowest BCUT2D eigenvalue weighted by Crippen LogP contribution is -2.50. The van der Waals surface area contributed by atoms with Crippen LogP contribution in [0.25, 0.3) is 0 Å². The minimum Gasteiger partial charge on any atom is -0.272 e. The van der Waals surface area contributed by atoms with Crippen molar-refractivity contribution in [3.63, 3.8) is 0 Å². The van der Waals surface area contributed by atoms with Crippen LogP contribution in [0.15, 0.2) is 29.2 Å². The van der Waals surface area contributed by atoms with E-state index in [0.29, 0.717) is 19.3 Å². The SMILES string of the molecule is Cc1ccc(S(=O)(=O)N2CCCCCC2C(=O)NS(C)(=O)=O)cc1. The predicted octanol–water partition coefficient (Wildman–Crippen LogP) is 1.00. The standard InChI is InChI=1S/C15H22N2O5S2/c1-12-7-9-13(10-8-12)24(21,22)17-11-5-3-4-6-14(17)15(18)16-23(2,19)20/h7-10,14H,3-6,11H2,1-2H3,(H,16,18). The van der Waals surface area contributed by atoms with Gasteiger partial charge in [0, 0.05) is 6.54 Å². The first kappa shape index (κ1) is 18.9. The second-order valence-electron chi connectivity index (χ2n) is 6.03. The van der Waals surface area contributed by atoms with Crippen LogP contribution in [0.2, 0.25) is 0 Å². The van der Waals surface area contributed by atoms with Crippen LogP contribution in [-0.4, -0.2) is 45.9 Å². The van der Waals surface area contributed by atoms with Crippen molar-refractivity contribution in [2.45, 2.75) is 43.5 Å². The highest BCUT2D eigenvalue weighted by Gasteiger charge is 2.37. The maximum atomic E-state index is 12.9. The van der Waals surface area contributed by atoms with Crippen molar-refractivity contribution in [2.24, 2.45) is 0 Å². The normalized spacial score (nSPS) is 20.3. The molecule has 0 radical (unpaired) electrons. The van der Waals surface area contributed by atoms with Crippen molar-refractivity contribution in [3.8, 4) is 0 Å². The van der Waals surface area contributed by atoms with Gasteiger partial charge in [-0.2, -0.15) is 4.31 Å². The first-order chi connectivity index (χ1) is 11.1. The molecule has 0 aromatic heterocycles. The Hall–Kier alpha value is -1.45. The summed E-state index contributed by atoms with van der Waals surface area (Å²) in [5, 5.41) is 0. The average molecular weight is 374 g/mol. The molecule has 24 heavy (non-hydrogen) atoms. The first-order valence-corrected chi connectivity index (χ1v) is 11.0. The van der Waals surface area contributed by atoms with E-state index in [1.165, 1.54) is 12.1 Å². The molecule has 9 heteroatoms. The predicted molar refractivity (Wildman–Crippen MR) is 90.3 cm³/mol. The molecule has 0 bridgehead atoms. The van der Waals surface area contributed by atoms with E-state index in [2.05, 4.69) is 0 Å². The molecule has 134 valence electrons. The van der Waals surface area contributed by atoms with Crippen molar-refractivity contribution >= 4 is 26.0 Å². The molecule has 1 amide bonds. The molecule has 1 heterocycles. The van der Waals surface area contributed by atoms with Crippen molar-refractivity contribution in [1.82, 2.24) is 9.03 Å². The van der Waals surface area contributed by atoms with Gasteiger partial charge in [0.1, 0.15) is 6.04 Å². The zero-order valence-electron chi connectivity index (χ0n) is 13.7. The van der Waals surface area contributed by atoms with Crippen LogP contribution in [0.3, 0.4) is 0 Å². The van der Waals surface area contributed by atoms with Gasteiger partial charge >= 0.3 is 0 Å². The molecular formula is C15H22N2O5S2. The van der Waals surface area contributed by atoms with Crippen molar-refractivity contribution in [3.05, 3.63) is 29.8 Å². The average Bonchev–Trinajstić information content (AvgIpc) is 2.72. The van der Waals surface area contributed by atoms with Crippen molar-refractivity contribution in [1.29, 1.82) is 0 Å². The minimum atomic E-state index is -3.87. The van der Waals surface area contributed by atoms with E-state index < -0.39 is 32.0 Å². The largest absolute Gasteiger partial charge is 0.272 e. The molecule has 0 spiro atoms. The zero-order chi connectivity index (χ0) is 18.0. The van der Waals surface area contributed by atoms with E-state index in [-0.39, 0.29) is 11.4 Å². The summed E-state index contributed by atoms with van der Waals surface area (Å²) in [5.74, 6) is -0.796. The molecule has 1 unspecified atom stereocenters. The fourth-order valence-electron chi connectivity index (χ4n) is 2.73. The van der Waals surface area contributed by atoms with Crippen LogP contribution in [-0.2, 0) is 24.8 Å². The molecule has 1 aliphatic heterocycles. The molecule has 1 saturated heterocycles. The number of aryl methyl sites for hydroxylation is 1. The number of nitrogens with one attached hydrogen (secondary N) is 1. The monoisotopic (exact) mass is 374 g/mol. The Balaban J connectivity index is 2.38. The number of benzene rings is 1. The second kappa shape index (κ2) is 7.20. The third-order valence-corrected chi connectivity index (χ3v) is 6.41. The Morgan fingerprint density at radius 3 is 2.29 bits per heavy atom. The summed E-state index contributed by atoms with van der Waals surface area (Å²) in [5.41, 5.74) is 0.927. The smallest absolute Gasteiger partial charge is 0.251 e. The summed E-state index contributed by atoms with van der Waals surface area (Å²) >= 11 is 0. The summed E-state index contributed by atoms with van der Waals surface area (Å²) in [4.78, 5) is 12.4. The molecule has 1 fully saturated rings. The molecule has 0 saturated carbocycles. The van der Waals surface area contributed by atoms with Gasteiger partial charge in [0.15, 0.2) is 0 Å². The fourth-order valence-corrected chi connectivity index (χ4v) is 4.89. The fraction of sp³-hybridized carbons (Fsp3) is 0.533. The Kier molecular flexibility index (Phi) is 5.67. The number of hydrogen-bond donors (Lipinski definition) is 1. The summed E-state index contributed by atoms with van der Waals surface area (Å²) in [6.07, 6.45) is 3.27. The summed E-state index contributed by atoms with van der Waals surface area (Å²) in [6.45, 7) is 2.04. The van der Waals surface area contributed by atoms with E-state index in [1.807, 2.05) is 11.6 Å². The highest BCUT2D eigenvalue weighted by Crippen LogP contribution is 2.25. The topological polar surface area (TPSA) is 101 Å². The quantitative estimate of drug-likeness (QED) is 0.847. The molecule has 1 atom stereocenters. The van der Waals surface area contributed by atoms with Crippen molar-refractivity contribution < 1.29 is 21.6 Å². The maximum Gasteiger partial charge on any atom is 0.251 e. The first-order valence-electron chi connectivity index (χ1n) is 7.71. The lowest BCUT2D eigenvalue weighted by atomic mass is 10.1. The van der Waals surface area contributed by atoms with Crippen LogP contribution in [0.1, 0.15) is 31.2 Å². The molecule has 1 N–H and O–H groups in total. The molecule has 1 aromatic rings. The van der Waals surface area contributed by atoms with Gasteiger partial charge in [-0.15, -0.1) is 0 Å². The number of sulfonamides is 2. The van der Waals surface area contributed by atoms with E-state index in [4.69, 9.17) is 0 Å². The van der Waals surface area contributed by atoms with Gasteiger partial charge in [0.2, 0.25) is 20.0 Å². The second-order valence-corrected chi connectivity index (χ2v) is 9.67. The number of nitrogens with zero attached hydrogens (tertiary/aromatic N) is 1. The summed E-state index contributed by atoms with van der Waals surface area (Å²) < 4.78 is 51.6. The van der Waals surface area contributed by atoms with Crippen LogP contribution in [0.4, 0.5) is 0 Å². The van der Waals surface area contributed by atoms with Gasteiger partial charge < -0.3 is 0 Å². The number of hydrogen-bond acceptors (Lipinski definition) is 5. The third-order valence-electron chi connectivity index (χ3n) is 3.92. The molecule has 0 aliphatic carbocycles. The highest BCUT2D eigenvalue weighted by atomic mass is 32.2. The van der Waals surface area contributed by atoms with E-state index in [9.17, 15) is 21.6 Å². The van der Waals surface area contributed by atoms with Gasteiger partial charge in [-0.05, 0) is 31.9 Å². The number of amides is 1. The Labute approximate surface area is 143 Å². The van der Waals surface area contributed by atoms with E-state index >= 15 is 0 Å². The van der Waals surface area contributed by atoms with Gasteiger partial charge in [-0.25, -0.2) is 16.8 Å². The van der Waals surface area contributed by atoms with Gasteiger partial charge in [0.05, 0.1) is 11.2 Å². The molecular weight excluding hydrogens is 352 g/mol. The van der Waals surface area contributed by atoms with Gasteiger partial charge in [0.25, 0.3) is 5.91 Å². The summed E-state index contributed by atoms with van der Waals surface area (Å²) in [6, 6.07) is 5.36. The highest BCUT2D eigenvalue weighted by molar-refractivity contribution is 7.89. The van der Waals surface area contributed by atoms with Gasteiger partial charge in [-0.1, -0.05) is 30.5 Å². The molecule has 7 nitrogen and oxygen atoms in total. The van der Waals surface area contributed by atoms with Crippen LogP contribution >= 0.6 is 0 Å². The zero-order valence-corrected chi connectivity index (χ0v) is 15.4. The lowest BCUT2D eigenvalue weighted by molar-refractivity contribution is -0.123. The maximum absolute atomic E-state index is 12.9. The molecule has 2 rings (SSSR count). The lowest BCUT2D eigenvalue weighted by Gasteiger charge is -2.28. The van der Waals surface area contributed by atoms with Crippen LogP contribution in [0, 0.1) is 6.92 Å². The van der Waals surface area contributed by atoms with E-state index in [1.54, 1.807) is 12.1 Å². The molecule has 1 aliphatic rings. The Bertz CT molecular complexity index is 801. The number of rotatable bonds is 4. The Morgan fingerprint density at radius 1 is 1.08 bits per heavy atom.